The Hall–Kier alpha value is -1.26. The van der Waals surface area contributed by atoms with E-state index in [0.717, 1.165) is 0 Å². The van der Waals surface area contributed by atoms with Crippen LogP contribution in [0, 0.1) is 17.8 Å². The molecule has 1 aliphatic carbocycles. The quantitative estimate of drug-likeness (QED) is 0.777. The molecule has 0 bridgehead atoms. The van der Waals surface area contributed by atoms with Gasteiger partial charge < -0.3 is 14.7 Å². The molecule has 0 spiro atoms. The van der Waals surface area contributed by atoms with Gasteiger partial charge in [0.05, 0.1) is 5.92 Å². The number of carboxylic acid groups (broad SMARTS) is 1. The summed E-state index contributed by atoms with van der Waals surface area (Å²) in [7, 11) is 0. The van der Waals surface area contributed by atoms with Gasteiger partial charge in [0.25, 0.3) is 0 Å². The van der Waals surface area contributed by atoms with Crippen molar-refractivity contribution in [1.29, 1.82) is 0 Å². The number of nitrogens with zero attached hydrogens (tertiary/aromatic N) is 1. The van der Waals surface area contributed by atoms with Gasteiger partial charge in [-0.25, -0.2) is 4.79 Å². The van der Waals surface area contributed by atoms with Gasteiger partial charge in [0, 0.05) is 13.1 Å². The maximum Gasteiger partial charge on any atom is 0.410 e. The van der Waals surface area contributed by atoms with Crippen molar-refractivity contribution in [1.82, 2.24) is 4.90 Å². The van der Waals surface area contributed by atoms with Gasteiger partial charge in [0.15, 0.2) is 0 Å². The molecule has 1 amide bonds. The third kappa shape index (κ3) is 2.76. The topological polar surface area (TPSA) is 66.8 Å². The summed E-state index contributed by atoms with van der Waals surface area (Å²) in [5, 5.41) is 8.99. The SMILES string of the molecule is CC(C)(C)OC(=O)N1CC2CC(C(=O)O)C[C@H]2C1. The summed E-state index contributed by atoms with van der Waals surface area (Å²) >= 11 is 0. The van der Waals surface area contributed by atoms with Crippen LogP contribution in [-0.2, 0) is 9.53 Å². The highest BCUT2D eigenvalue weighted by molar-refractivity contribution is 5.71. The van der Waals surface area contributed by atoms with Gasteiger partial charge in [-0.1, -0.05) is 0 Å². The Kier molecular flexibility index (Phi) is 3.25. The molecule has 5 heteroatoms. The first-order valence-electron chi connectivity index (χ1n) is 6.47. The molecule has 5 nitrogen and oxygen atoms in total. The van der Waals surface area contributed by atoms with Crippen LogP contribution in [0.4, 0.5) is 4.79 Å². The van der Waals surface area contributed by atoms with Gasteiger partial charge in [-0.3, -0.25) is 4.79 Å². The van der Waals surface area contributed by atoms with Crippen molar-refractivity contribution in [3.05, 3.63) is 0 Å². The number of carbonyl (C=O) groups is 2. The summed E-state index contributed by atoms with van der Waals surface area (Å²) in [5.74, 6) is -0.258. The Morgan fingerprint density at radius 1 is 1.17 bits per heavy atom. The number of carbonyl (C=O) groups excluding carboxylic acids is 1. The Labute approximate surface area is 107 Å². The Morgan fingerprint density at radius 2 is 1.67 bits per heavy atom. The summed E-state index contributed by atoms with van der Waals surface area (Å²) in [6, 6.07) is 0. The Morgan fingerprint density at radius 3 is 2.06 bits per heavy atom. The third-order valence-electron chi connectivity index (χ3n) is 3.75. The van der Waals surface area contributed by atoms with E-state index < -0.39 is 11.6 Å². The fourth-order valence-electron chi connectivity index (χ4n) is 2.98. The largest absolute Gasteiger partial charge is 0.481 e. The Balaban J connectivity index is 1.89. The van der Waals surface area contributed by atoms with Crippen molar-refractivity contribution in [2.75, 3.05) is 13.1 Å². The zero-order chi connectivity index (χ0) is 13.5. The molecule has 1 heterocycles. The molecule has 102 valence electrons. The zero-order valence-electron chi connectivity index (χ0n) is 11.2. The number of fused-ring (bicyclic) bond motifs is 1. The van der Waals surface area contributed by atoms with Crippen LogP contribution in [0.15, 0.2) is 0 Å². The van der Waals surface area contributed by atoms with E-state index in [4.69, 9.17) is 9.84 Å². The van der Waals surface area contributed by atoms with Crippen molar-refractivity contribution < 1.29 is 19.4 Å². The summed E-state index contributed by atoms with van der Waals surface area (Å²) in [6.07, 6.45) is 1.11. The molecule has 0 aromatic heterocycles. The minimum absolute atomic E-state index is 0.221. The lowest BCUT2D eigenvalue weighted by atomic mass is 10.0. The number of carboxylic acids is 1. The highest BCUT2D eigenvalue weighted by atomic mass is 16.6. The van der Waals surface area contributed by atoms with Crippen LogP contribution in [0.25, 0.3) is 0 Å². The fourth-order valence-corrected chi connectivity index (χ4v) is 2.98. The van der Waals surface area contributed by atoms with Crippen LogP contribution in [-0.4, -0.2) is 40.8 Å². The van der Waals surface area contributed by atoms with Gasteiger partial charge in [0.2, 0.25) is 0 Å². The minimum Gasteiger partial charge on any atom is -0.481 e. The van der Waals surface area contributed by atoms with E-state index in [9.17, 15) is 9.59 Å². The second kappa shape index (κ2) is 4.44. The maximum absolute atomic E-state index is 11.9. The molecular formula is C13H21NO4. The molecule has 0 aromatic carbocycles. The molecule has 1 saturated heterocycles. The maximum atomic E-state index is 11.9. The van der Waals surface area contributed by atoms with Gasteiger partial charge in [-0.05, 0) is 45.4 Å². The van der Waals surface area contributed by atoms with Crippen LogP contribution in [0.5, 0.6) is 0 Å². The number of hydrogen-bond donors (Lipinski definition) is 1. The van der Waals surface area contributed by atoms with Gasteiger partial charge in [-0.2, -0.15) is 0 Å². The van der Waals surface area contributed by atoms with Crippen molar-refractivity contribution in [2.45, 2.75) is 39.2 Å². The number of aliphatic carboxylic acids is 1. The van der Waals surface area contributed by atoms with Crippen LogP contribution in [0.2, 0.25) is 0 Å². The first-order chi connectivity index (χ1) is 8.26. The monoisotopic (exact) mass is 255 g/mol. The molecule has 1 aliphatic heterocycles. The first kappa shape index (κ1) is 13.2. The molecule has 18 heavy (non-hydrogen) atoms. The lowest BCUT2D eigenvalue weighted by Crippen LogP contribution is -2.36. The molecule has 2 unspecified atom stereocenters. The normalized spacial score (nSPS) is 31.3. The minimum atomic E-state index is -0.701. The van der Waals surface area contributed by atoms with Crippen LogP contribution >= 0.6 is 0 Å². The molecule has 1 saturated carbocycles. The van der Waals surface area contributed by atoms with Gasteiger partial charge >= 0.3 is 12.1 Å². The van der Waals surface area contributed by atoms with Gasteiger partial charge in [-0.15, -0.1) is 0 Å². The van der Waals surface area contributed by atoms with Crippen LogP contribution < -0.4 is 0 Å². The molecule has 2 fully saturated rings. The van der Waals surface area contributed by atoms with E-state index in [1.54, 1.807) is 4.90 Å². The molecule has 0 radical (unpaired) electrons. The van der Waals surface area contributed by atoms with E-state index in [1.165, 1.54) is 0 Å². The molecule has 2 rings (SSSR count). The summed E-state index contributed by atoms with van der Waals surface area (Å²) in [4.78, 5) is 24.5. The standard InChI is InChI=1S/C13H21NO4/c1-13(2,3)18-12(17)14-6-9-4-8(11(15)16)5-10(9)7-14/h8-10H,4-7H2,1-3H3,(H,15,16)/t8?,9-,10?/m0/s1. The van der Waals surface area contributed by atoms with Gasteiger partial charge in [0.1, 0.15) is 5.60 Å². The van der Waals surface area contributed by atoms with Crippen molar-refractivity contribution in [3.8, 4) is 0 Å². The number of hydrogen-bond acceptors (Lipinski definition) is 3. The fraction of sp³-hybridized carbons (Fsp3) is 0.846. The average molecular weight is 255 g/mol. The predicted octanol–water partition coefficient (Wildman–Crippen LogP) is 1.96. The molecule has 0 aromatic rings. The second-order valence-corrected chi connectivity index (χ2v) is 6.41. The van der Waals surface area contributed by atoms with E-state index in [2.05, 4.69) is 0 Å². The third-order valence-corrected chi connectivity index (χ3v) is 3.75. The van der Waals surface area contributed by atoms with E-state index in [-0.39, 0.29) is 12.0 Å². The summed E-state index contributed by atoms with van der Waals surface area (Å²) in [6.45, 7) is 6.83. The first-order valence-corrected chi connectivity index (χ1v) is 6.47. The van der Waals surface area contributed by atoms with Crippen molar-refractivity contribution in [2.24, 2.45) is 17.8 Å². The van der Waals surface area contributed by atoms with Crippen LogP contribution in [0.1, 0.15) is 33.6 Å². The number of likely N-dealkylation sites (tertiary alicyclic amines) is 1. The van der Waals surface area contributed by atoms with E-state index in [0.29, 0.717) is 37.8 Å². The van der Waals surface area contributed by atoms with E-state index >= 15 is 0 Å². The lowest BCUT2D eigenvalue weighted by Gasteiger charge is -2.25. The molecule has 2 aliphatic rings. The average Bonchev–Trinajstić information content (AvgIpc) is 2.69. The number of amides is 1. The number of rotatable bonds is 1. The summed E-state index contributed by atoms with van der Waals surface area (Å²) in [5.41, 5.74) is -0.474. The second-order valence-electron chi connectivity index (χ2n) is 6.41. The Bertz CT molecular complexity index is 346. The highest BCUT2D eigenvalue weighted by Crippen LogP contribution is 2.41. The predicted molar refractivity (Wildman–Crippen MR) is 65.1 cm³/mol. The smallest absolute Gasteiger partial charge is 0.410 e. The molecule has 1 N–H and O–H groups in total. The zero-order valence-corrected chi connectivity index (χ0v) is 11.2. The lowest BCUT2D eigenvalue weighted by molar-refractivity contribution is -0.141. The van der Waals surface area contributed by atoms with Crippen molar-refractivity contribution >= 4 is 12.1 Å². The summed E-state index contributed by atoms with van der Waals surface area (Å²) < 4.78 is 5.33. The number of ether oxygens (including phenoxy) is 1. The van der Waals surface area contributed by atoms with E-state index in [1.807, 2.05) is 20.8 Å². The highest BCUT2D eigenvalue weighted by Gasteiger charge is 2.45. The van der Waals surface area contributed by atoms with Crippen molar-refractivity contribution in [3.63, 3.8) is 0 Å². The molecule has 3 atom stereocenters. The molecular weight excluding hydrogens is 234 g/mol. The van der Waals surface area contributed by atoms with Crippen LogP contribution in [0.3, 0.4) is 0 Å².